The number of halogens is 1. The molecule has 0 amide bonds. The highest BCUT2D eigenvalue weighted by atomic mass is 35.5. The molecule has 0 saturated carbocycles. The van der Waals surface area contributed by atoms with Crippen molar-refractivity contribution in [2.75, 3.05) is 13.1 Å². The van der Waals surface area contributed by atoms with Crippen molar-refractivity contribution in [3.63, 3.8) is 0 Å². The summed E-state index contributed by atoms with van der Waals surface area (Å²) in [6.45, 7) is 2.91. The minimum absolute atomic E-state index is 0.0675. The van der Waals surface area contributed by atoms with Crippen molar-refractivity contribution in [1.82, 2.24) is 10.3 Å². The minimum atomic E-state index is -0.571. The number of nitrogens with two attached hydrogens (primary N) is 1. The molecule has 178 valence electrons. The summed E-state index contributed by atoms with van der Waals surface area (Å²) in [5.41, 5.74) is 8.58. The van der Waals surface area contributed by atoms with Crippen molar-refractivity contribution in [1.29, 1.82) is 0 Å². The van der Waals surface area contributed by atoms with Crippen LogP contribution >= 0.6 is 11.6 Å². The Morgan fingerprint density at radius 3 is 2.63 bits per heavy atom. The van der Waals surface area contributed by atoms with Crippen LogP contribution in [-0.2, 0) is 0 Å². The second-order valence-corrected chi connectivity index (χ2v) is 8.62. The van der Waals surface area contributed by atoms with Crippen LogP contribution in [0, 0.1) is 6.92 Å². The number of aryl methyl sites for hydroxylation is 1. The van der Waals surface area contributed by atoms with Gasteiger partial charge in [0.1, 0.15) is 5.76 Å². The molecule has 4 aromatic rings. The predicted octanol–water partition coefficient (Wildman–Crippen LogP) is 5.55. The normalized spacial score (nSPS) is 12.3. The molecule has 0 aliphatic carbocycles. The Hall–Kier alpha value is -3.58. The maximum absolute atomic E-state index is 13.6. The number of hydrogen-bond donors (Lipinski definition) is 2. The summed E-state index contributed by atoms with van der Waals surface area (Å²) in [5, 5.41) is 4.81. The number of pyridine rings is 1. The van der Waals surface area contributed by atoms with E-state index in [0.717, 1.165) is 28.5 Å². The van der Waals surface area contributed by atoms with Crippen LogP contribution in [0.5, 0.6) is 0 Å². The first kappa shape index (κ1) is 24.5. The Kier molecular flexibility index (Phi) is 7.87. The summed E-state index contributed by atoms with van der Waals surface area (Å²) in [4.78, 5) is 30.2. The average molecular weight is 488 g/mol. The van der Waals surface area contributed by atoms with E-state index in [1.54, 1.807) is 55.6 Å². The van der Waals surface area contributed by atoms with Crippen LogP contribution in [0.1, 0.15) is 50.3 Å². The highest BCUT2D eigenvalue weighted by Gasteiger charge is 2.23. The van der Waals surface area contributed by atoms with Gasteiger partial charge in [-0.05, 0) is 74.0 Å². The highest BCUT2D eigenvalue weighted by Crippen LogP contribution is 2.28. The highest BCUT2D eigenvalue weighted by molar-refractivity contribution is 6.31. The van der Waals surface area contributed by atoms with Gasteiger partial charge in [-0.3, -0.25) is 14.6 Å². The molecule has 0 saturated heterocycles. The monoisotopic (exact) mass is 487 g/mol. The largest absolute Gasteiger partial charge is 0.458 e. The number of nitrogens with zero attached hydrogens (tertiary/aromatic N) is 1. The van der Waals surface area contributed by atoms with Gasteiger partial charge in [0.25, 0.3) is 0 Å². The molecule has 4 rings (SSSR count). The number of carbonyl (C=O) groups excluding carboxylic acids is 2. The fourth-order valence-electron chi connectivity index (χ4n) is 3.83. The SMILES string of the molecule is Cc1ccc(C(=O)/C=C/c2ccc(C(=O)C(NCCCN)c3ccnc4cc(Cl)ccc34)cc2)o1. The fourth-order valence-corrected chi connectivity index (χ4v) is 4.00. The summed E-state index contributed by atoms with van der Waals surface area (Å²) in [6, 6.07) is 17.3. The zero-order chi connectivity index (χ0) is 24.8. The van der Waals surface area contributed by atoms with Gasteiger partial charge in [0.15, 0.2) is 11.5 Å². The molecule has 35 heavy (non-hydrogen) atoms. The quantitative estimate of drug-likeness (QED) is 0.173. The smallest absolute Gasteiger partial charge is 0.221 e. The van der Waals surface area contributed by atoms with Crippen LogP contribution < -0.4 is 11.1 Å². The van der Waals surface area contributed by atoms with Gasteiger partial charge in [-0.1, -0.05) is 48.0 Å². The number of Topliss-reactive ketones (excluding diaryl/α,β-unsaturated/α-hetero) is 1. The summed E-state index contributed by atoms with van der Waals surface area (Å²) >= 11 is 6.14. The summed E-state index contributed by atoms with van der Waals surface area (Å²) in [5.74, 6) is 0.696. The number of hydrogen-bond acceptors (Lipinski definition) is 6. The molecular formula is C28H26ClN3O3. The van der Waals surface area contributed by atoms with E-state index in [2.05, 4.69) is 10.3 Å². The molecule has 0 radical (unpaired) electrons. The van der Waals surface area contributed by atoms with Gasteiger partial charge in [0.05, 0.1) is 11.6 Å². The van der Waals surface area contributed by atoms with E-state index in [9.17, 15) is 9.59 Å². The molecule has 2 aromatic heterocycles. The van der Waals surface area contributed by atoms with Gasteiger partial charge >= 0.3 is 0 Å². The van der Waals surface area contributed by atoms with Crippen molar-refractivity contribution >= 4 is 40.1 Å². The Balaban J connectivity index is 1.58. The van der Waals surface area contributed by atoms with E-state index in [0.29, 0.717) is 35.2 Å². The van der Waals surface area contributed by atoms with Crippen LogP contribution in [0.2, 0.25) is 5.02 Å². The molecule has 7 heteroatoms. The summed E-state index contributed by atoms with van der Waals surface area (Å²) in [6.07, 6.45) is 5.59. The van der Waals surface area contributed by atoms with Gasteiger partial charge < -0.3 is 15.5 Å². The van der Waals surface area contributed by atoms with Crippen LogP contribution in [0.3, 0.4) is 0 Å². The third-order valence-corrected chi connectivity index (χ3v) is 5.88. The second-order valence-electron chi connectivity index (χ2n) is 8.19. The second kappa shape index (κ2) is 11.2. The Morgan fingerprint density at radius 2 is 1.91 bits per heavy atom. The molecule has 2 aromatic carbocycles. The van der Waals surface area contributed by atoms with Crippen molar-refractivity contribution in [3.05, 3.63) is 106 Å². The predicted molar refractivity (Wildman–Crippen MR) is 139 cm³/mol. The number of carbonyl (C=O) groups is 2. The molecule has 0 spiro atoms. The number of furan rings is 1. The van der Waals surface area contributed by atoms with Gasteiger partial charge in [-0.25, -0.2) is 0 Å². The fraction of sp³-hybridized carbons (Fsp3) is 0.179. The Labute approximate surface area is 208 Å². The van der Waals surface area contributed by atoms with Crippen LogP contribution in [0.15, 0.2) is 77.4 Å². The maximum atomic E-state index is 13.6. The molecule has 6 nitrogen and oxygen atoms in total. The Bertz CT molecular complexity index is 1380. The van der Waals surface area contributed by atoms with E-state index < -0.39 is 6.04 Å². The van der Waals surface area contributed by atoms with Crippen LogP contribution in [0.25, 0.3) is 17.0 Å². The molecule has 2 heterocycles. The van der Waals surface area contributed by atoms with Crippen molar-refractivity contribution < 1.29 is 14.0 Å². The van der Waals surface area contributed by atoms with Crippen molar-refractivity contribution in [3.8, 4) is 0 Å². The first-order valence-corrected chi connectivity index (χ1v) is 11.7. The number of aromatic nitrogens is 1. The lowest BCUT2D eigenvalue weighted by Crippen LogP contribution is -2.30. The van der Waals surface area contributed by atoms with E-state index in [1.807, 2.05) is 24.3 Å². The molecule has 0 aliphatic rings. The van der Waals surface area contributed by atoms with E-state index in [-0.39, 0.29) is 11.6 Å². The number of allylic oxidation sites excluding steroid dienone is 1. The van der Waals surface area contributed by atoms with Gasteiger partial charge in [-0.15, -0.1) is 0 Å². The first-order valence-electron chi connectivity index (χ1n) is 11.4. The first-order chi connectivity index (χ1) is 17.0. The molecule has 3 N–H and O–H groups in total. The van der Waals surface area contributed by atoms with E-state index in [4.69, 9.17) is 21.8 Å². The maximum Gasteiger partial charge on any atom is 0.221 e. The number of benzene rings is 2. The average Bonchev–Trinajstić information content (AvgIpc) is 3.31. The van der Waals surface area contributed by atoms with E-state index >= 15 is 0 Å². The lowest BCUT2D eigenvalue weighted by Gasteiger charge is -2.20. The van der Waals surface area contributed by atoms with E-state index in [1.165, 1.54) is 6.08 Å². The van der Waals surface area contributed by atoms with Gasteiger partial charge in [-0.2, -0.15) is 0 Å². The van der Waals surface area contributed by atoms with Gasteiger partial charge in [0.2, 0.25) is 5.78 Å². The Morgan fingerprint density at radius 1 is 1.11 bits per heavy atom. The van der Waals surface area contributed by atoms with Gasteiger partial charge in [0, 0.05) is 22.2 Å². The molecule has 1 atom stereocenters. The molecular weight excluding hydrogens is 462 g/mol. The molecule has 1 unspecified atom stereocenters. The summed E-state index contributed by atoms with van der Waals surface area (Å²) < 4.78 is 5.36. The standard InChI is InChI=1S/C28H26ClN3O3/c1-18-3-12-26(35-18)25(33)11-6-19-4-7-20(8-5-19)28(34)27(32-15-2-14-30)23-13-16-31-24-17-21(29)9-10-22(23)24/h3-13,16-17,27,32H,2,14-15,30H2,1H3/b11-6+. The third-order valence-electron chi connectivity index (χ3n) is 5.65. The van der Waals surface area contributed by atoms with Crippen molar-refractivity contribution in [2.24, 2.45) is 5.73 Å². The molecule has 0 bridgehead atoms. The zero-order valence-electron chi connectivity index (χ0n) is 19.3. The number of nitrogens with one attached hydrogen (secondary N) is 1. The van der Waals surface area contributed by atoms with Crippen molar-refractivity contribution in [2.45, 2.75) is 19.4 Å². The summed E-state index contributed by atoms with van der Waals surface area (Å²) in [7, 11) is 0. The third kappa shape index (κ3) is 5.92. The number of fused-ring (bicyclic) bond motifs is 1. The lowest BCUT2D eigenvalue weighted by molar-refractivity contribution is 0.0943. The minimum Gasteiger partial charge on any atom is -0.458 e. The number of ketones is 2. The van der Waals surface area contributed by atoms with Crippen LogP contribution in [0.4, 0.5) is 0 Å². The van der Waals surface area contributed by atoms with Crippen LogP contribution in [-0.4, -0.2) is 29.6 Å². The zero-order valence-corrected chi connectivity index (χ0v) is 20.1. The number of rotatable bonds is 10. The lowest BCUT2D eigenvalue weighted by atomic mass is 9.94. The molecule has 0 fully saturated rings. The topological polar surface area (TPSA) is 98.2 Å². The molecule has 0 aliphatic heterocycles.